The van der Waals surface area contributed by atoms with E-state index in [1.807, 2.05) is 6.07 Å². The van der Waals surface area contributed by atoms with Crippen molar-refractivity contribution in [2.24, 2.45) is 0 Å². The second-order valence-electron chi connectivity index (χ2n) is 4.00. The maximum atomic E-state index is 3.25. The van der Waals surface area contributed by atoms with E-state index in [0.29, 0.717) is 5.92 Å². The van der Waals surface area contributed by atoms with E-state index in [1.54, 1.807) is 11.3 Å². The summed E-state index contributed by atoms with van der Waals surface area (Å²) in [5.74, 6) is 6.97. The average molecular weight is 226 g/mol. The van der Waals surface area contributed by atoms with Crippen LogP contribution in [0.25, 0.3) is 0 Å². The quantitative estimate of drug-likeness (QED) is 0.637. The van der Waals surface area contributed by atoms with Crippen molar-refractivity contribution in [2.75, 3.05) is 0 Å². The van der Waals surface area contributed by atoms with E-state index in [2.05, 4.69) is 60.7 Å². The Bertz CT molecular complexity index is 510. The van der Waals surface area contributed by atoms with Crippen LogP contribution in [0.1, 0.15) is 36.5 Å². The average Bonchev–Trinajstić information content (AvgIpc) is 2.79. The summed E-state index contributed by atoms with van der Waals surface area (Å²) in [4.78, 5) is 0. The van der Waals surface area contributed by atoms with Gasteiger partial charge in [-0.1, -0.05) is 43.9 Å². The van der Waals surface area contributed by atoms with Crippen LogP contribution in [-0.4, -0.2) is 0 Å². The number of rotatable bonds is 1. The number of hydrogen-bond donors (Lipinski definition) is 0. The molecule has 0 saturated heterocycles. The Morgan fingerprint density at radius 2 is 1.88 bits per heavy atom. The molecule has 1 heterocycles. The monoisotopic (exact) mass is 226 g/mol. The van der Waals surface area contributed by atoms with Gasteiger partial charge < -0.3 is 0 Å². The summed E-state index contributed by atoms with van der Waals surface area (Å²) in [5.41, 5.74) is 3.57. The van der Waals surface area contributed by atoms with Crippen molar-refractivity contribution in [3.63, 3.8) is 0 Å². The van der Waals surface area contributed by atoms with Crippen LogP contribution in [0.4, 0.5) is 0 Å². The summed E-state index contributed by atoms with van der Waals surface area (Å²) >= 11 is 1.68. The Morgan fingerprint density at radius 1 is 1.06 bits per heavy atom. The van der Waals surface area contributed by atoms with Gasteiger partial charge in [-0.2, -0.15) is 11.3 Å². The first-order valence-electron chi connectivity index (χ1n) is 5.40. The van der Waals surface area contributed by atoms with Gasteiger partial charge in [0, 0.05) is 16.5 Å². The van der Waals surface area contributed by atoms with Crippen molar-refractivity contribution in [3.05, 3.63) is 57.8 Å². The second kappa shape index (κ2) is 5.01. The lowest BCUT2D eigenvalue weighted by Gasteiger charge is -2.07. The van der Waals surface area contributed by atoms with Crippen LogP contribution < -0.4 is 0 Å². The molecule has 0 fully saturated rings. The SMILES string of the molecule is CC(C)c1ccccc1C#Cc1ccsc1. The second-order valence-corrected chi connectivity index (χ2v) is 4.78. The normalized spacial score (nSPS) is 9.94. The topological polar surface area (TPSA) is 0 Å². The highest BCUT2D eigenvalue weighted by molar-refractivity contribution is 7.08. The van der Waals surface area contributed by atoms with E-state index >= 15 is 0 Å². The molecule has 0 saturated carbocycles. The Balaban J connectivity index is 2.34. The maximum Gasteiger partial charge on any atom is 0.0356 e. The maximum absolute atomic E-state index is 3.25. The Labute approximate surface area is 101 Å². The van der Waals surface area contributed by atoms with Gasteiger partial charge in [0.05, 0.1) is 0 Å². The van der Waals surface area contributed by atoms with E-state index < -0.39 is 0 Å². The lowest BCUT2D eigenvalue weighted by atomic mass is 9.97. The van der Waals surface area contributed by atoms with Gasteiger partial charge in [-0.3, -0.25) is 0 Å². The molecular formula is C15H14S. The third-order valence-electron chi connectivity index (χ3n) is 2.45. The van der Waals surface area contributed by atoms with Gasteiger partial charge in [0.2, 0.25) is 0 Å². The highest BCUT2D eigenvalue weighted by atomic mass is 32.1. The molecule has 1 heteroatoms. The molecule has 16 heavy (non-hydrogen) atoms. The van der Waals surface area contributed by atoms with Crippen LogP contribution in [0.2, 0.25) is 0 Å². The minimum Gasteiger partial charge on any atom is -0.151 e. The molecule has 0 atom stereocenters. The van der Waals surface area contributed by atoms with Crippen molar-refractivity contribution in [3.8, 4) is 11.8 Å². The van der Waals surface area contributed by atoms with Gasteiger partial charge in [0.25, 0.3) is 0 Å². The molecule has 0 aliphatic rings. The Hall–Kier alpha value is -1.52. The summed E-state index contributed by atoms with van der Waals surface area (Å²) < 4.78 is 0. The van der Waals surface area contributed by atoms with E-state index in [1.165, 1.54) is 5.56 Å². The van der Waals surface area contributed by atoms with Crippen molar-refractivity contribution in [1.29, 1.82) is 0 Å². The fourth-order valence-corrected chi connectivity index (χ4v) is 2.18. The molecule has 0 bridgehead atoms. The molecule has 1 aromatic heterocycles. The summed E-state index contributed by atoms with van der Waals surface area (Å²) in [5, 5.41) is 4.13. The predicted octanol–water partition coefficient (Wildman–Crippen LogP) is 4.27. The molecular weight excluding hydrogens is 212 g/mol. The molecule has 0 unspecified atom stereocenters. The molecule has 0 spiro atoms. The van der Waals surface area contributed by atoms with Crippen LogP contribution in [-0.2, 0) is 0 Å². The zero-order valence-electron chi connectivity index (χ0n) is 9.53. The van der Waals surface area contributed by atoms with Crippen molar-refractivity contribution < 1.29 is 0 Å². The van der Waals surface area contributed by atoms with Crippen molar-refractivity contribution in [1.82, 2.24) is 0 Å². The smallest absolute Gasteiger partial charge is 0.0356 e. The fourth-order valence-electron chi connectivity index (χ4n) is 1.59. The molecule has 0 N–H and O–H groups in total. The molecule has 2 rings (SSSR count). The zero-order valence-corrected chi connectivity index (χ0v) is 10.3. The molecule has 0 radical (unpaired) electrons. The van der Waals surface area contributed by atoms with E-state index in [-0.39, 0.29) is 0 Å². The first-order valence-corrected chi connectivity index (χ1v) is 6.35. The molecule has 0 nitrogen and oxygen atoms in total. The van der Waals surface area contributed by atoms with Gasteiger partial charge in [0.15, 0.2) is 0 Å². The van der Waals surface area contributed by atoms with Gasteiger partial charge in [-0.15, -0.1) is 0 Å². The fraction of sp³-hybridized carbons (Fsp3) is 0.200. The Morgan fingerprint density at radius 3 is 2.56 bits per heavy atom. The lowest BCUT2D eigenvalue weighted by Crippen LogP contribution is -1.91. The number of thiophene rings is 1. The van der Waals surface area contributed by atoms with E-state index in [0.717, 1.165) is 11.1 Å². The molecule has 0 aliphatic heterocycles. The molecule has 80 valence electrons. The molecule has 1 aromatic carbocycles. The predicted molar refractivity (Wildman–Crippen MR) is 70.8 cm³/mol. The zero-order chi connectivity index (χ0) is 11.4. The van der Waals surface area contributed by atoms with Crippen molar-refractivity contribution in [2.45, 2.75) is 19.8 Å². The largest absolute Gasteiger partial charge is 0.151 e. The van der Waals surface area contributed by atoms with Crippen LogP contribution in [0, 0.1) is 11.8 Å². The third-order valence-corrected chi connectivity index (χ3v) is 3.13. The highest BCUT2D eigenvalue weighted by Gasteiger charge is 2.02. The van der Waals surface area contributed by atoms with Gasteiger partial charge in [-0.05, 0) is 29.0 Å². The minimum atomic E-state index is 0.521. The summed E-state index contributed by atoms with van der Waals surface area (Å²) in [6.07, 6.45) is 0. The van der Waals surface area contributed by atoms with Gasteiger partial charge in [-0.25, -0.2) is 0 Å². The highest BCUT2D eigenvalue weighted by Crippen LogP contribution is 2.18. The van der Waals surface area contributed by atoms with Crippen LogP contribution >= 0.6 is 11.3 Å². The van der Waals surface area contributed by atoms with Crippen molar-refractivity contribution >= 4 is 11.3 Å². The summed E-state index contributed by atoms with van der Waals surface area (Å²) in [6, 6.07) is 10.4. The lowest BCUT2D eigenvalue weighted by molar-refractivity contribution is 0.863. The number of benzene rings is 1. The number of hydrogen-bond acceptors (Lipinski definition) is 1. The first-order chi connectivity index (χ1) is 7.77. The van der Waals surface area contributed by atoms with E-state index in [4.69, 9.17) is 0 Å². The standard InChI is InChI=1S/C15H14S/c1-12(2)15-6-4-3-5-14(15)8-7-13-9-10-16-11-13/h3-6,9-12H,1-2H3. The van der Waals surface area contributed by atoms with Gasteiger partial charge in [0.1, 0.15) is 0 Å². The van der Waals surface area contributed by atoms with Crippen LogP contribution in [0.15, 0.2) is 41.1 Å². The third kappa shape index (κ3) is 2.53. The van der Waals surface area contributed by atoms with E-state index in [9.17, 15) is 0 Å². The van der Waals surface area contributed by atoms with Crippen LogP contribution in [0.3, 0.4) is 0 Å². The first kappa shape index (κ1) is 11.0. The molecule has 2 aromatic rings. The summed E-state index contributed by atoms with van der Waals surface area (Å²) in [6.45, 7) is 4.40. The minimum absolute atomic E-state index is 0.521. The van der Waals surface area contributed by atoms with Gasteiger partial charge >= 0.3 is 0 Å². The molecule has 0 aliphatic carbocycles. The Kier molecular flexibility index (Phi) is 3.44. The summed E-state index contributed by atoms with van der Waals surface area (Å²) in [7, 11) is 0. The molecule has 0 amide bonds. The van der Waals surface area contributed by atoms with Crippen LogP contribution in [0.5, 0.6) is 0 Å².